The second kappa shape index (κ2) is 46.6. The lowest BCUT2D eigenvalue weighted by Crippen LogP contribution is -2.46. The Morgan fingerprint density at radius 1 is 0.508 bits per heavy atom. The van der Waals surface area contributed by atoms with Gasteiger partial charge in [0.2, 0.25) is 5.91 Å². The van der Waals surface area contributed by atoms with Crippen LogP contribution in [0.4, 0.5) is 0 Å². The molecule has 1 amide bonds. The first kappa shape index (κ1) is 56.6. The van der Waals surface area contributed by atoms with E-state index in [0.29, 0.717) is 19.3 Å². The van der Waals surface area contributed by atoms with Crippen molar-refractivity contribution in [2.75, 3.05) is 6.61 Å². The smallest absolute Gasteiger partial charge is 0.306 e. The molecule has 6 nitrogen and oxygen atoms in total. The van der Waals surface area contributed by atoms with Crippen molar-refractivity contribution in [3.63, 3.8) is 0 Å². The van der Waals surface area contributed by atoms with Crippen LogP contribution in [-0.2, 0) is 14.3 Å². The highest BCUT2D eigenvalue weighted by Crippen LogP contribution is 2.17. The van der Waals surface area contributed by atoms with Gasteiger partial charge in [0.15, 0.2) is 0 Å². The Balaban J connectivity index is 4.65. The monoisotopic (exact) mass is 826 g/mol. The van der Waals surface area contributed by atoms with Crippen LogP contribution < -0.4 is 5.32 Å². The number of nitrogens with one attached hydrogen (secondary N) is 1. The summed E-state index contributed by atoms with van der Waals surface area (Å²) in [7, 11) is 0. The van der Waals surface area contributed by atoms with Crippen LogP contribution in [0.1, 0.15) is 239 Å². The fraction of sp³-hybridized carbons (Fsp3) is 0.774. The minimum Gasteiger partial charge on any atom is -0.462 e. The van der Waals surface area contributed by atoms with E-state index in [2.05, 4.69) is 86.8 Å². The number of hydrogen-bond donors (Lipinski definition) is 3. The number of amides is 1. The number of aliphatic hydroxyl groups is 2. The number of allylic oxidation sites excluding steroid dienone is 10. The highest BCUT2D eigenvalue weighted by Gasteiger charge is 2.24. The molecule has 0 aliphatic heterocycles. The first-order valence-corrected chi connectivity index (χ1v) is 25.0. The zero-order valence-corrected chi connectivity index (χ0v) is 38.9. The average Bonchev–Trinajstić information content (AvgIpc) is 3.23. The van der Waals surface area contributed by atoms with Gasteiger partial charge in [-0.1, -0.05) is 197 Å². The third-order valence-corrected chi connectivity index (χ3v) is 11.1. The summed E-state index contributed by atoms with van der Waals surface area (Å²) in [4.78, 5) is 26.1. The third kappa shape index (κ3) is 42.1. The van der Waals surface area contributed by atoms with E-state index >= 15 is 0 Å². The van der Waals surface area contributed by atoms with Crippen LogP contribution >= 0.6 is 0 Å². The average molecular weight is 826 g/mol. The predicted molar refractivity (Wildman–Crippen MR) is 255 cm³/mol. The maximum atomic E-state index is 13.2. The van der Waals surface area contributed by atoms with Gasteiger partial charge in [-0.15, -0.1) is 0 Å². The van der Waals surface area contributed by atoms with Crippen LogP contribution in [0.25, 0.3) is 0 Å². The molecule has 0 aliphatic carbocycles. The summed E-state index contributed by atoms with van der Waals surface area (Å²) in [5, 5.41) is 23.7. The van der Waals surface area contributed by atoms with Crippen molar-refractivity contribution >= 4 is 11.9 Å². The van der Waals surface area contributed by atoms with Crippen molar-refractivity contribution in [2.24, 2.45) is 0 Å². The van der Waals surface area contributed by atoms with Crippen LogP contribution in [0.2, 0.25) is 0 Å². The largest absolute Gasteiger partial charge is 0.462 e. The first-order valence-electron chi connectivity index (χ1n) is 25.0. The molecule has 3 atom stereocenters. The molecule has 0 aliphatic rings. The topological polar surface area (TPSA) is 95.9 Å². The molecule has 342 valence electrons. The van der Waals surface area contributed by atoms with Crippen LogP contribution in [-0.4, -0.2) is 46.9 Å². The molecule has 3 N–H and O–H groups in total. The summed E-state index contributed by atoms with van der Waals surface area (Å²) >= 11 is 0. The van der Waals surface area contributed by atoms with Crippen LogP contribution in [0.3, 0.4) is 0 Å². The van der Waals surface area contributed by atoms with Gasteiger partial charge in [-0.25, -0.2) is 0 Å². The molecule has 0 bridgehead atoms. The van der Waals surface area contributed by atoms with Crippen LogP contribution in [0.5, 0.6) is 0 Å². The van der Waals surface area contributed by atoms with Crippen LogP contribution in [0, 0.1) is 0 Å². The Morgan fingerprint density at radius 3 is 1.42 bits per heavy atom. The number of esters is 1. The minimum absolute atomic E-state index is 0.0581. The lowest BCUT2D eigenvalue weighted by atomic mass is 10.0. The molecule has 0 saturated heterocycles. The van der Waals surface area contributed by atoms with Crippen molar-refractivity contribution in [2.45, 2.75) is 257 Å². The molecule has 0 aromatic heterocycles. The van der Waals surface area contributed by atoms with E-state index in [4.69, 9.17) is 4.74 Å². The maximum Gasteiger partial charge on any atom is 0.306 e. The number of hydrogen-bond acceptors (Lipinski definition) is 5. The molecule has 0 radical (unpaired) electrons. The van der Waals surface area contributed by atoms with Crippen molar-refractivity contribution in [1.29, 1.82) is 0 Å². The Bertz CT molecular complexity index is 1060. The zero-order chi connectivity index (χ0) is 43.1. The second-order valence-electron chi connectivity index (χ2n) is 16.8. The van der Waals surface area contributed by atoms with Crippen molar-refractivity contribution in [3.05, 3.63) is 60.8 Å². The standard InChI is InChI=1S/C53H95NO5/c1-4-7-10-13-16-19-21-23-25-26-27-28-30-33-35-38-41-44-49(59-53(58)46-43-40-37-34-31-29-24-22-20-17-14-11-8-5-2)47-52(57)54-50(48-55)51(56)45-42-39-36-32-18-15-12-9-6-3/h8,11,16-17,19-20,23,25,27-28,49-51,55-56H,4-7,9-10,12-15,18,21-22,24,26,29-48H2,1-3H3,(H,54,57)/b11-8+,19-16-,20-17+,25-23-,28-27-. The number of carbonyl (C=O) groups is 2. The molecule has 0 fully saturated rings. The summed E-state index contributed by atoms with van der Waals surface area (Å²) in [6.07, 6.45) is 57.1. The molecule has 59 heavy (non-hydrogen) atoms. The van der Waals surface area contributed by atoms with Gasteiger partial charge < -0.3 is 20.3 Å². The van der Waals surface area contributed by atoms with E-state index in [1.807, 2.05) is 0 Å². The highest BCUT2D eigenvalue weighted by molar-refractivity contribution is 5.77. The Kier molecular flexibility index (Phi) is 44.7. The molecule has 0 rings (SSSR count). The number of rotatable bonds is 44. The maximum absolute atomic E-state index is 13.2. The fourth-order valence-corrected chi connectivity index (χ4v) is 7.30. The highest BCUT2D eigenvalue weighted by atomic mass is 16.5. The number of carbonyl (C=O) groups excluding carboxylic acids is 2. The zero-order valence-electron chi connectivity index (χ0n) is 38.9. The first-order chi connectivity index (χ1) is 29.0. The second-order valence-corrected chi connectivity index (χ2v) is 16.8. The number of aliphatic hydroxyl groups excluding tert-OH is 2. The van der Waals surface area contributed by atoms with Crippen molar-refractivity contribution in [3.8, 4) is 0 Å². The van der Waals surface area contributed by atoms with Gasteiger partial charge in [0.05, 0.1) is 25.2 Å². The van der Waals surface area contributed by atoms with Gasteiger partial charge in [-0.2, -0.15) is 0 Å². The summed E-state index contributed by atoms with van der Waals surface area (Å²) in [6.45, 7) is 6.32. The summed E-state index contributed by atoms with van der Waals surface area (Å²) in [5.74, 6) is -0.506. The Hall–Kier alpha value is -2.44. The van der Waals surface area contributed by atoms with E-state index in [0.717, 1.165) is 103 Å². The van der Waals surface area contributed by atoms with E-state index in [1.165, 1.54) is 89.9 Å². The Labute approximate surface area is 365 Å². The summed E-state index contributed by atoms with van der Waals surface area (Å²) < 4.78 is 5.92. The van der Waals surface area contributed by atoms with Crippen molar-refractivity contribution < 1.29 is 24.5 Å². The molecular weight excluding hydrogens is 731 g/mol. The summed E-state index contributed by atoms with van der Waals surface area (Å²) in [5.41, 5.74) is 0. The van der Waals surface area contributed by atoms with E-state index in [9.17, 15) is 19.8 Å². The molecule has 6 heteroatoms. The summed E-state index contributed by atoms with van der Waals surface area (Å²) in [6, 6.07) is -0.710. The van der Waals surface area contributed by atoms with Crippen molar-refractivity contribution in [1.82, 2.24) is 5.32 Å². The van der Waals surface area contributed by atoms with E-state index in [1.54, 1.807) is 0 Å². The fourth-order valence-electron chi connectivity index (χ4n) is 7.30. The van der Waals surface area contributed by atoms with Gasteiger partial charge in [0.25, 0.3) is 0 Å². The number of unbranched alkanes of at least 4 members (excludes halogenated alkanes) is 22. The predicted octanol–water partition coefficient (Wildman–Crippen LogP) is 14.8. The third-order valence-electron chi connectivity index (χ3n) is 11.1. The van der Waals surface area contributed by atoms with Gasteiger partial charge in [0.1, 0.15) is 6.10 Å². The molecule has 0 spiro atoms. The SMILES string of the molecule is CC/C=C/C/C=C/CCCCCCCCCC(=O)OC(CCCCCC/C=C\C/C=C\C/C=C\CCCCC)CC(=O)NC(CO)C(O)CCCCCCCCCCC. The molecule has 3 unspecified atom stereocenters. The molecular formula is C53H95NO5. The molecule has 0 saturated carbocycles. The van der Waals surface area contributed by atoms with Gasteiger partial charge >= 0.3 is 5.97 Å². The Morgan fingerprint density at radius 2 is 0.915 bits per heavy atom. The van der Waals surface area contributed by atoms with Gasteiger partial charge in [-0.05, 0) is 89.9 Å². The van der Waals surface area contributed by atoms with E-state index in [-0.39, 0.29) is 24.9 Å². The van der Waals surface area contributed by atoms with Gasteiger partial charge in [-0.3, -0.25) is 9.59 Å². The lowest BCUT2D eigenvalue weighted by molar-refractivity contribution is -0.151. The molecule has 0 heterocycles. The van der Waals surface area contributed by atoms with E-state index < -0.39 is 18.2 Å². The number of ether oxygens (including phenoxy) is 1. The minimum atomic E-state index is -0.795. The van der Waals surface area contributed by atoms with Gasteiger partial charge in [0, 0.05) is 6.42 Å². The molecule has 0 aromatic carbocycles. The molecule has 0 aromatic rings. The normalized spacial score (nSPS) is 13.8. The van der Waals surface area contributed by atoms with Crippen LogP contribution in [0.15, 0.2) is 60.8 Å². The lowest BCUT2D eigenvalue weighted by Gasteiger charge is -2.24. The quantitative estimate of drug-likeness (QED) is 0.0323.